The van der Waals surface area contributed by atoms with E-state index in [2.05, 4.69) is 4.98 Å². The van der Waals surface area contributed by atoms with Crippen LogP contribution < -0.4 is 0 Å². The van der Waals surface area contributed by atoms with Crippen LogP contribution in [0.2, 0.25) is 0 Å². The van der Waals surface area contributed by atoms with Crippen molar-refractivity contribution in [1.29, 1.82) is 0 Å². The van der Waals surface area contributed by atoms with Gasteiger partial charge in [0, 0.05) is 24.1 Å². The first-order chi connectivity index (χ1) is 9.85. The maximum atomic E-state index is 12.4. The summed E-state index contributed by atoms with van der Waals surface area (Å²) in [4.78, 5) is 29.2. The second-order valence-corrected chi connectivity index (χ2v) is 6.30. The molecule has 1 aromatic carbocycles. The lowest BCUT2D eigenvalue weighted by atomic mass is 10.1. The van der Waals surface area contributed by atoms with Gasteiger partial charge in [0.2, 0.25) is 0 Å². The van der Waals surface area contributed by atoms with Crippen molar-refractivity contribution in [3.05, 3.63) is 35.5 Å². The van der Waals surface area contributed by atoms with Gasteiger partial charge in [-0.25, -0.2) is 4.79 Å². The zero-order valence-corrected chi connectivity index (χ0v) is 12.4. The Hall–Kier alpha value is -2.30. The van der Waals surface area contributed by atoms with Gasteiger partial charge in [0.1, 0.15) is 5.60 Å². The molecule has 5 nitrogen and oxygen atoms in total. The van der Waals surface area contributed by atoms with Gasteiger partial charge >= 0.3 is 6.09 Å². The molecule has 1 amide bonds. The first-order valence-corrected chi connectivity index (χ1v) is 6.95. The zero-order valence-electron chi connectivity index (χ0n) is 12.4. The van der Waals surface area contributed by atoms with E-state index >= 15 is 0 Å². The van der Waals surface area contributed by atoms with Crippen molar-refractivity contribution in [2.45, 2.75) is 32.9 Å². The Labute approximate surface area is 124 Å². The van der Waals surface area contributed by atoms with Gasteiger partial charge < -0.3 is 9.72 Å². The van der Waals surface area contributed by atoms with Crippen molar-refractivity contribution < 1.29 is 15.8 Å². The highest BCUT2D eigenvalue weighted by Gasteiger charge is 2.29. The number of ether oxygens (including phenoxy) is 1. The molecule has 112 valence electrons. The van der Waals surface area contributed by atoms with Crippen LogP contribution in [0.3, 0.4) is 0 Å². The van der Waals surface area contributed by atoms with E-state index in [1.165, 1.54) is 4.90 Å². The molecule has 1 aliphatic rings. The number of aromatic nitrogens is 1. The molecule has 1 N–H and O–H groups in total. The fourth-order valence-electron chi connectivity index (χ4n) is 2.59. The number of amides is 1. The van der Waals surface area contributed by atoms with Crippen molar-refractivity contribution in [1.82, 2.24) is 9.88 Å². The zero-order chi connectivity index (χ0) is 15.2. The van der Waals surface area contributed by atoms with Crippen molar-refractivity contribution in [3.63, 3.8) is 0 Å². The Balaban J connectivity index is 0.00000176. The monoisotopic (exact) mass is 288 g/mol. The Morgan fingerprint density at radius 1 is 1.33 bits per heavy atom. The quantitative estimate of drug-likeness (QED) is 0.808. The van der Waals surface area contributed by atoms with Crippen LogP contribution in [0, 0.1) is 0 Å². The second-order valence-electron chi connectivity index (χ2n) is 6.30. The Morgan fingerprint density at radius 3 is 2.81 bits per heavy atom. The molecular weight excluding hydrogens is 268 g/mol. The summed E-state index contributed by atoms with van der Waals surface area (Å²) in [6, 6.07) is 5.79. The number of aromatic amines is 1. The Morgan fingerprint density at radius 2 is 2.10 bits per heavy atom. The summed E-state index contributed by atoms with van der Waals surface area (Å²) in [5.41, 5.74) is 1.95. The third-order valence-corrected chi connectivity index (χ3v) is 3.44. The van der Waals surface area contributed by atoms with Crippen LogP contribution in [-0.4, -0.2) is 33.9 Å². The van der Waals surface area contributed by atoms with Crippen LogP contribution in [0.25, 0.3) is 10.9 Å². The van der Waals surface area contributed by atoms with Gasteiger partial charge in [-0.3, -0.25) is 9.69 Å². The van der Waals surface area contributed by atoms with Gasteiger partial charge in [-0.2, -0.15) is 0 Å². The third-order valence-electron chi connectivity index (χ3n) is 3.44. The van der Waals surface area contributed by atoms with Crippen molar-refractivity contribution in [2.75, 3.05) is 6.54 Å². The summed E-state index contributed by atoms with van der Waals surface area (Å²) >= 11 is 0. The molecule has 0 aliphatic carbocycles. The highest BCUT2D eigenvalue weighted by atomic mass is 16.6. The smallest absolute Gasteiger partial charge is 0.411 e. The minimum absolute atomic E-state index is 0. The summed E-state index contributed by atoms with van der Waals surface area (Å²) in [5.74, 6) is -0.0722. The van der Waals surface area contributed by atoms with Gasteiger partial charge in [-0.15, -0.1) is 0 Å². The maximum Gasteiger partial charge on any atom is 0.411 e. The minimum atomic E-state index is -0.575. The molecule has 2 aromatic rings. The summed E-state index contributed by atoms with van der Waals surface area (Å²) in [7, 11) is 0. The molecule has 0 spiro atoms. The van der Waals surface area contributed by atoms with E-state index in [1.54, 1.807) is 6.20 Å². The average Bonchev–Trinajstić information content (AvgIpc) is 2.74. The van der Waals surface area contributed by atoms with Crippen LogP contribution in [0.15, 0.2) is 24.4 Å². The molecule has 0 bridgehead atoms. The van der Waals surface area contributed by atoms with Crippen LogP contribution in [-0.2, 0) is 11.3 Å². The molecule has 0 fully saturated rings. The first kappa shape index (κ1) is 13.7. The molecule has 1 aliphatic heterocycles. The van der Waals surface area contributed by atoms with Crippen LogP contribution >= 0.6 is 0 Å². The summed E-state index contributed by atoms with van der Waals surface area (Å²) in [5, 5.41) is 0.911. The second kappa shape index (κ2) is 4.62. The molecule has 0 radical (unpaired) electrons. The average molecular weight is 288 g/mol. The number of carbonyl (C=O) groups is 2. The fraction of sp³-hybridized carbons (Fsp3) is 0.375. The number of nitrogens with one attached hydrogen (secondary N) is 1. The predicted octanol–water partition coefficient (Wildman–Crippen LogP) is 3.35. The fourth-order valence-corrected chi connectivity index (χ4v) is 2.59. The van der Waals surface area contributed by atoms with Gasteiger partial charge in [0.25, 0.3) is 0 Å². The number of carbonyl (C=O) groups excluding carboxylic acids is 2. The molecule has 5 heteroatoms. The van der Waals surface area contributed by atoms with Crippen molar-refractivity contribution >= 4 is 22.8 Å². The Bertz CT molecular complexity index is 731. The number of benzene rings is 1. The maximum absolute atomic E-state index is 12.4. The molecule has 1 aromatic heterocycles. The lowest BCUT2D eigenvalue weighted by molar-refractivity contribution is 0.0235. The van der Waals surface area contributed by atoms with E-state index in [9.17, 15) is 9.59 Å². The molecule has 0 atom stereocenters. The van der Waals surface area contributed by atoms with E-state index in [0.29, 0.717) is 12.1 Å². The third kappa shape index (κ3) is 2.51. The highest BCUT2D eigenvalue weighted by Crippen LogP contribution is 2.27. The molecule has 0 saturated carbocycles. The molecular formula is C16H20N2O3. The van der Waals surface area contributed by atoms with Gasteiger partial charge in [0.05, 0.1) is 13.1 Å². The van der Waals surface area contributed by atoms with Gasteiger partial charge in [-0.05, 0) is 32.4 Å². The number of ketones is 1. The molecule has 2 heterocycles. The number of hydrogen-bond donors (Lipinski definition) is 1. The summed E-state index contributed by atoms with van der Waals surface area (Å²) in [6.07, 6.45) is 1.26. The normalized spacial score (nSPS) is 15.2. The standard InChI is InChI=1S/C16H18N2O3.H2/c1-16(2,3)21-15(20)18-8-10-5-4-6-12-14(10)11(7-17-12)13(19)9-18;/h4-7,17H,8-9H2,1-3H3;1H. The topological polar surface area (TPSA) is 62.4 Å². The van der Waals surface area contributed by atoms with Gasteiger partial charge in [-0.1, -0.05) is 12.1 Å². The van der Waals surface area contributed by atoms with E-state index in [1.807, 2.05) is 39.0 Å². The van der Waals surface area contributed by atoms with E-state index < -0.39 is 11.7 Å². The molecule has 21 heavy (non-hydrogen) atoms. The number of Topliss-reactive ketones (excluding diaryl/α,β-unsaturated/α-hetero) is 1. The first-order valence-electron chi connectivity index (χ1n) is 6.95. The Kier molecular flexibility index (Phi) is 3.01. The van der Waals surface area contributed by atoms with Crippen LogP contribution in [0.5, 0.6) is 0 Å². The van der Waals surface area contributed by atoms with Crippen molar-refractivity contribution in [3.8, 4) is 0 Å². The lowest BCUT2D eigenvalue weighted by Gasteiger charge is -2.26. The van der Waals surface area contributed by atoms with E-state index in [4.69, 9.17) is 4.74 Å². The number of rotatable bonds is 0. The minimum Gasteiger partial charge on any atom is -0.444 e. The SMILES string of the molecule is CC(C)(C)OC(=O)N1CC(=O)c2c[nH]c3cccc(c23)C1.[HH]. The highest BCUT2D eigenvalue weighted by molar-refractivity contribution is 6.11. The van der Waals surface area contributed by atoms with Crippen LogP contribution in [0.1, 0.15) is 38.1 Å². The van der Waals surface area contributed by atoms with E-state index in [0.717, 1.165) is 16.5 Å². The largest absolute Gasteiger partial charge is 0.444 e. The molecule has 0 saturated heterocycles. The number of nitrogens with zero attached hydrogens (tertiary/aromatic N) is 1. The lowest BCUT2D eigenvalue weighted by Crippen LogP contribution is -2.38. The summed E-state index contributed by atoms with van der Waals surface area (Å²) in [6.45, 7) is 5.86. The predicted molar refractivity (Wildman–Crippen MR) is 81.4 cm³/mol. The number of H-pyrrole nitrogens is 1. The number of hydrogen-bond acceptors (Lipinski definition) is 3. The molecule has 0 unspecified atom stereocenters. The van der Waals surface area contributed by atoms with Gasteiger partial charge in [0.15, 0.2) is 5.78 Å². The van der Waals surface area contributed by atoms with Crippen molar-refractivity contribution in [2.24, 2.45) is 0 Å². The molecule has 3 rings (SSSR count). The summed E-state index contributed by atoms with van der Waals surface area (Å²) < 4.78 is 5.38. The van der Waals surface area contributed by atoms with Crippen LogP contribution in [0.4, 0.5) is 4.79 Å². The van der Waals surface area contributed by atoms with E-state index in [-0.39, 0.29) is 13.8 Å².